The number of benzene rings is 1. The number of halogens is 2. The molecule has 0 radical (unpaired) electrons. The van der Waals surface area contributed by atoms with Crippen LogP contribution in [0.25, 0.3) is 0 Å². The molecule has 0 saturated carbocycles. The van der Waals surface area contributed by atoms with Crippen LogP contribution in [0.2, 0.25) is 0 Å². The Bertz CT molecular complexity index is 455. The Balaban J connectivity index is 2.07. The van der Waals surface area contributed by atoms with Gasteiger partial charge in [0.2, 0.25) is 0 Å². The third-order valence-corrected chi connectivity index (χ3v) is 4.57. The molecule has 1 aromatic rings. The van der Waals surface area contributed by atoms with Crippen LogP contribution in [0.5, 0.6) is 0 Å². The van der Waals surface area contributed by atoms with Gasteiger partial charge in [-0.3, -0.25) is 0 Å². The highest BCUT2D eigenvalue weighted by Gasteiger charge is 2.26. The highest BCUT2D eigenvalue weighted by Crippen LogP contribution is 2.18. The van der Waals surface area contributed by atoms with E-state index in [1.165, 1.54) is 6.07 Å². The van der Waals surface area contributed by atoms with Crippen molar-refractivity contribution < 1.29 is 4.39 Å². The Kier molecular flexibility index (Phi) is 5.55. The van der Waals surface area contributed by atoms with Gasteiger partial charge in [-0.1, -0.05) is 22.0 Å². The first kappa shape index (κ1) is 15.9. The average molecular weight is 344 g/mol. The molecule has 2 unspecified atom stereocenters. The van der Waals surface area contributed by atoms with Crippen molar-refractivity contribution in [2.45, 2.75) is 24.9 Å². The van der Waals surface area contributed by atoms with Crippen molar-refractivity contribution in [3.63, 3.8) is 0 Å². The molecular weight excluding hydrogens is 321 g/mol. The quantitative estimate of drug-likeness (QED) is 0.912. The minimum atomic E-state index is -0.181. The van der Waals surface area contributed by atoms with Gasteiger partial charge in [0.05, 0.1) is 0 Å². The summed E-state index contributed by atoms with van der Waals surface area (Å²) in [4.78, 5) is 4.62. The lowest BCUT2D eigenvalue weighted by atomic mass is 9.98. The first-order valence-corrected chi connectivity index (χ1v) is 7.85. The fraction of sp³-hybridized carbons (Fsp3) is 0.600. The molecule has 5 heteroatoms. The Hall–Kier alpha value is -0.490. The van der Waals surface area contributed by atoms with Gasteiger partial charge in [-0.05, 0) is 57.7 Å². The molecule has 0 amide bonds. The van der Waals surface area contributed by atoms with Gasteiger partial charge in [-0.25, -0.2) is 4.39 Å². The van der Waals surface area contributed by atoms with Gasteiger partial charge in [0.25, 0.3) is 0 Å². The summed E-state index contributed by atoms with van der Waals surface area (Å²) in [5.41, 5.74) is 7.06. The summed E-state index contributed by atoms with van der Waals surface area (Å²) >= 11 is 3.28. The minimum absolute atomic E-state index is 0.0591. The predicted molar refractivity (Wildman–Crippen MR) is 84.3 cm³/mol. The topological polar surface area (TPSA) is 32.5 Å². The lowest BCUT2D eigenvalue weighted by Gasteiger charge is -2.32. The molecule has 112 valence electrons. The van der Waals surface area contributed by atoms with Crippen LogP contribution in [0.15, 0.2) is 22.7 Å². The molecule has 1 fully saturated rings. The second-order valence-electron chi connectivity index (χ2n) is 5.77. The summed E-state index contributed by atoms with van der Waals surface area (Å²) in [6.45, 7) is 3.08. The van der Waals surface area contributed by atoms with E-state index < -0.39 is 0 Å². The van der Waals surface area contributed by atoms with Crippen molar-refractivity contribution in [1.29, 1.82) is 0 Å². The molecule has 2 rings (SSSR count). The van der Waals surface area contributed by atoms with E-state index in [0.717, 1.165) is 30.5 Å². The molecule has 1 heterocycles. The first-order chi connectivity index (χ1) is 9.47. The fourth-order valence-corrected chi connectivity index (χ4v) is 3.18. The molecule has 0 spiro atoms. The van der Waals surface area contributed by atoms with Gasteiger partial charge in [0.1, 0.15) is 5.82 Å². The fourth-order valence-electron chi connectivity index (χ4n) is 2.85. The first-order valence-electron chi connectivity index (χ1n) is 7.05. The van der Waals surface area contributed by atoms with Gasteiger partial charge in [0, 0.05) is 23.1 Å². The van der Waals surface area contributed by atoms with E-state index in [-0.39, 0.29) is 17.9 Å². The van der Waals surface area contributed by atoms with Crippen LogP contribution in [-0.2, 0) is 6.42 Å². The zero-order chi connectivity index (χ0) is 14.7. The Morgan fingerprint density at radius 2 is 2.15 bits per heavy atom. The number of hydrogen-bond donors (Lipinski definition) is 1. The molecule has 1 aliphatic rings. The molecule has 2 atom stereocenters. The summed E-state index contributed by atoms with van der Waals surface area (Å²) in [6, 6.07) is 5.40. The maximum Gasteiger partial charge on any atom is 0.127 e. The van der Waals surface area contributed by atoms with Crippen molar-refractivity contribution in [2.24, 2.45) is 5.73 Å². The van der Waals surface area contributed by atoms with Crippen LogP contribution in [0, 0.1) is 5.82 Å². The van der Waals surface area contributed by atoms with Crippen LogP contribution in [-0.4, -0.2) is 55.6 Å². The molecule has 20 heavy (non-hydrogen) atoms. The normalized spacial score (nSPS) is 23.6. The standard InChI is InChI=1S/C15H23BrFN3/c1-19-6-3-7-20(2)15(10-19)14(18)8-11-4-5-12(16)9-13(11)17/h4-5,9,14-15H,3,6-8,10,18H2,1-2H3. The SMILES string of the molecule is CN1CCCN(C)C(C(N)Cc2ccc(Br)cc2F)C1. The van der Waals surface area contributed by atoms with Crippen LogP contribution >= 0.6 is 15.9 Å². The summed E-state index contributed by atoms with van der Waals surface area (Å²) in [7, 11) is 4.24. The summed E-state index contributed by atoms with van der Waals surface area (Å²) < 4.78 is 14.7. The molecule has 1 saturated heterocycles. The molecule has 3 nitrogen and oxygen atoms in total. The molecule has 0 aliphatic carbocycles. The second kappa shape index (κ2) is 6.98. The Morgan fingerprint density at radius 3 is 2.85 bits per heavy atom. The van der Waals surface area contributed by atoms with Crippen molar-refractivity contribution in [3.05, 3.63) is 34.1 Å². The van der Waals surface area contributed by atoms with E-state index >= 15 is 0 Å². The second-order valence-corrected chi connectivity index (χ2v) is 6.68. The van der Waals surface area contributed by atoms with E-state index in [1.807, 2.05) is 12.1 Å². The number of nitrogens with zero attached hydrogens (tertiary/aromatic N) is 2. The monoisotopic (exact) mass is 343 g/mol. The van der Waals surface area contributed by atoms with E-state index in [9.17, 15) is 4.39 Å². The van der Waals surface area contributed by atoms with Crippen LogP contribution in [0.4, 0.5) is 4.39 Å². The molecule has 1 aromatic carbocycles. The number of hydrogen-bond acceptors (Lipinski definition) is 3. The Labute approximate surface area is 129 Å². The maximum atomic E-state index is 13.9. The van der Waals surface area contributed by atoms with Gasteiger partial charge in [0.15, 0.2) is 0 Å². The van der Waals surface area contributed by atoms with Gasteiger partial charge < -0.3 is 15.5 Å². The van der Waals surface area contributed by atoms with Gasteiger partial charge in [-0.2, -0.15) is 0 Å². The van der Waals surface area contributed by atoms with Crippen LogP contribution in [0.1, 0.15) is 12.0 Å². The van der Waals surface area contributed by atoms with Crippen molar-refractivity contribution in [1.82, 2.24) is 9.80 Å². The lowest BCUT2D eigenvalue weighted by molar-refractivity contribution is 0.194. The van der Waals surface area contributed by atoms with Crippen LogP contribution < -0.4 is 5.73 Å². The van der Waals surface area contributed by atoms with Gasteiger partial charge >= 0.3 is 0 Å². The summed E-state index contributed by atoms with van der Waals surface area (Å²) in [6.07, 6.45) is 1.73. The summed E-state index contributed by atoms with van der Waals surface area (Å²) in [5, 5.41) is 0. The van der Waals surface area contributed by atoms with Crippen molar-refractivity contribution in [2.75, 3.05) is 33.7 Å². The van der Waals surface area contributed by atoms with Crippen molar-refractivity contribution in [3.8, 4) is 0 Å². The van der Waals surface area contributed by atoms with Gasteiger partial charge in [-0.15, -0.1) is 0 Å². The molecule has 2 N–H and O–H groups in total. The van der Waals surface area contributed by atoms with E-state index in [2.05, 4.69) is 39.8 Å². The van der Waals surface area contributed by atoms with E-state index in [1.54, 1.807) is 0 Å². The molecule has 0 bridgehead atoms. The third kappa shape index (κ3) is 4.01. The number of nitrogens with two attached hydrogens (primary N) is 1. The highest BCUT2D eigenvalue weighted by molar-refractivity contribution is 9.10. The lowest BCUT2D eigenvalue weighted by Crippen LogP contribution is -2.51. The third-order valence-electron chi connectivity index (χ3n) is 4.08. The molecular formula is C15H23BrFN3. The zero-order valence-electron chi connectivity index (χ0n) is 12.1. The number of rotatable bonds is 3. The zero-order valence-corrected chi connectivity index (χ0v) is 13.7. The van der Waals surface area contributed by atoms with E-state index in [0.29, 0.717) is 12.0 Å². The predicted octanol–water partition coefficient (Wildman–Crippen LogP) is 2.09. The minimum Gasteiger partial charge on any atom is -0.326 e. The van der Waals surface area contributed by atoms with E-state index in [4.69, 9.17) is 5.73 Å². The highest BCUT2D eigenvalue weighted by atomic mass is 79.9. The largest absolute Gasteiger partial charge is 0.326 e. The average Bonchev–Trinajstić information content (AvgIpc) is 2.54. The number of likely N-dealkylation sites (N-methyl/N-ethyl adjacent to an activating group) is 2. The Morgan fingerprint density at radius 1 is 1.40 bits per heavy atom. The summed E-state index contributed by atoms with van der Waals surface area (Å²) in [5.74, 6) is -0.181. The van der Waals surface area contributed by atoms with Crippen LogP contribution in [0.3, 0.4) is 0 Å². The smallest absolute Gasteiger partial charge is 0.127 e. The molecule has 1 aliphatic heterocycles. The molecule has 0 aromatic heterocycles. The van der Waals surface area contributed by atoms with Crippen molar-refractivity contribution >= 4 is 15.9 Å². The maximum absolute atomic E-state index is 13.9.